The highest BCUT2D eigenvalue weighted by molar-refractivity contribution is 14.1. The van der Waals surface area contributed by atoms with Crippen molar-refractivity contribution in [2.24, 2.45) is 5.10 Å². The summed E-state index contributed by atoms with van der Waals surface area (Å²) in [5.41, 5.74) is 4.42. The minimum absolute atomic E-state index is 0.167. The second kappa shape index (κ2) is 8.82. The third-order valence-corrected chi connectivity index (χ3v) is 4.51. The Labute approximate surface area is 152 Å². The number of hydrogen-bond acceptors (Lipinski definition) is 7. The van der Waals surface area contributed by atoms with Gasteiger partial charge in [0.25, 0.3) is 0 Å². The minimum Gasteiger partial charge on any atom is -0.496 e. The molecule has 1 N–H and O–H groups in total. The summed E-state index contributed by atoms with van der Waals surface area (Å²) in [6.45, 7) is 2.15. The lowest BCUT2D eigenvalue weighted by atomic mass is 10.2. The van der Waals surface area contributed by atoms with E-state index in [1.54, 1.807) is 20.2 Å². The summed E-state index contributed by atoms with van der Waals surface area (Å²) in [5.74, 6) is 0.473. The average Bonchev–Trinajstić information content (AvgIpc) is 2.96. The summed E-state index contributed by atoms with van der Waals surface area (Å²) >= 11 is 3.61. The van der Waals surface area contributed by atoms with Gasteiger partial charge in [-0.15, -0.1) is 11.3 Å². The highest BCUT2D eigenvalue weighted by atomic mass is 127. The first-order valence-corrected chi connectivity index (χ1v) is 8.81. The van der Waals surface area contributed by atoms with Crippen LogP contribution in [0.25, 0.3) is 0 Å². The normalized spacial score (nSPS) is 10.7. The number of nitrogens with one attached hydrogen (secondary N) is 1. The lowest BCUT2D eigenvalue weighted by Crippen LogP contribution is -2.07. The van der Waals surface area contributed by atoms with Crippen molar-refractivity contribution < 1.29 is 14.3 Å². The fourth-order valence-electron chi connectivity index (χ4n) is 1.77. The molecule has 8 heteroatoms. The number of esters is 1. The van der Waals surface area contributed by atoms with Gasteiger partial charge >= 0.3 is 5.97 Å². The molecule has 0 radical (unpaired) electrons. The molecule has 0 atom stereocenters. The first-order chi connectivity index (χ1) is 11.1. The van der Waals surface area contributed by atoms with Gasteiger partial charge in [-0.1, -0.05) is 6.07 Å². The number of hydrogen-bond donors (Lipinski definition) is 1. The Kier molecular flexibility index (Phi) is 6.78. The van der Waals surface area contributed by atoms with Crippen LogP contribution in [0.4, 0.5) is 5.13 Å². The molecule has 0 aliphatic rings. The number of hydrazone groups is 1. The van der Waals surface area contributed by atoms with E-state index in [0.29, 0.717) is 17.4 Å². The van der Waals surface area contributed by atoms with E-state index in [1.807, 2.05) is 23.6 Å². The average molecular weight is 445 g/mol. The molecule has 1 aromatic carbocycles. The quantitative estimate of drug-likeness (QED) is 0.307. The van der Waals surface area contributed by atoms with E-state index < -0.39 is 0 Å². The molecular weight excluding hydrogens is 429 g/mol. The van der Waals surface area contributed by atoms with Crippen LogP contribution in [0.2, 0.25) is 0 Å². The van der Waals surface area contributed by atoms with Crippen LogP contribution < -0.4 is 10.2 Å². The van der Waals surface area contributed by atoms with E-state index >= 15 is 0 Å². The molecule has 0 unspecified atom stereocenters. The van der Waals surface area contributed by atoms with Gasteiger partial charge in [0.05, 0.1) is 32.0 Å². The predicted octanol–water partition coefficient (Wildman–Crippen LogP) is 3.31. The molecule has 0 spiro atoms. The molecule has 0 amide bonds. The highest BCUT2D eigenvalue weighted by Gasteiger charge is 2.08. The van der Waals surface area contributed by atoms with Crippen molar-refractivity contribution in [1.82, 2.24) is 4.98 Å². The zero-order valence-corrected chi connectivity index (χ0v) is 15.7. The summed E-state index contributed by atoms with van der Waals surface area (Å²) in [6.07, 6.45) is 1.85. The molecule has 1 heterocycles. The van der Waals surface area contributed by atoms with Gasteiger partial charge in [-0.3, -0.25) is 10.2 Å². The zero-order chi connectivity index (χ0) is 16.7. The van der Waals surface area contributed by atoms with Crippen molar-refractivity contribution >= 4 is 51.2 Å². The molecule has 0 aliphatic carbocycles. The fourth-order valence-corrected chi connectivity index (χ4v) is 3.04. The van der Waals surface area contributed by atoms with E-state index in [-0.39, 0.29) is 12.4 Å². The van der Waals surface area contributed by atoms with Gasteiger partial charge < -0.3 is 9.47 Å². The van der Waals surface area contributed by atoms with Crippen LogP contribution in [-0.2, 0) is 16.0 Å². The summed E-state index contributed by atoms with van der Waals surface area (Å²) < 4.78 is 11.2. The van der Waals surface area contributed by atoms with Gasteiger partial charge in [-0.25, -0.2) is 4.98 Å². The van der Waals surface area contributed by atoms with Crippen LogP contribution in [0.1, 0.15) is 18.2 Å². The monoisotopic (exact) mass is 445 g/mol. The Balaban J connectivity index is 1.99. The first-order valence-electron chi connectivity index (χ1n) is 6.85. The van der Waals surface area contributed by atoms with Crippen LogP contribution in [-0.4, -0.2) is 30.9 Å². The molecule has 0 aliphatic heterocycles. The number of anilines is 1. The maximum Gasteiger partial charge on any atom is 0.311 e. The number of carbonyl (C=O) groups is 1. The van der Waals surface area contributed by atoms with Crippen molar-refractivity contribution in [3.63, 3.8) is 0 Å². The third kappa shape index (κ3) is 5.17. The topological polar surface area (TPSA) is 72.8 Å². The van der Waals surface area contributed by atoms with Gasteiger partial charge in [0.2, 0.25) is 5.13 Å². The lowest BCUT2D eigenvalue weighted by Gasteiger charge is -2.05. The highest BCUT2D eigenvalue weighted by Crippen LogP contribution is 2.22. The number of thiazole rings is 1. The van der Waals surface area contributed by atoms with Crippen molar-refractivity contribution in [3.8, 4) is 5.75 Å². The largest absolute Gasteiger partial charge is 0.496 e. The molecule has 1 aromatic heterocycles. The second-order valence-electron chi connectivity index (χ2n) is 4.35. The van der Waals surface area contributed by atoms with E-state index in [4.69, 9.17) is 9.47 Å². The van der Waals surface area contributed by atoms with Crippen LogP contribution in [0.15, 0.2) is 28.7 Å². The van der Waals surface area contributed by atoms with Gasteiger partial charge in [-0.05, 0) is 41.6 Å². The van der Waals surface area contributed by atoms with E-state index in [2.05, 4.69) is 38.1 Å². The van der Waals surface area contributed by atoms with Gasteiger partial charge in [0, 0.05) is 14.5 Å². The number of rotatable bonds is 7. The van der Waals surface area contributed by atoms with Crippen LogP contribution >= 0.6 is 33.9 Å². The summed E-state index contributed by atoms with van der Waals surface area (Å²) in [5, 5.41) is 6.61. The van der Waals surface area contributed by atoms with Crippen molar-refractivity contribution in [1.29, 1.82) is 0 Å². The second-order valence-corrected chi connectivity index (χ2v) is 6.37. The summed E-state index contributed by atoms with van der Waals surface area (Å²) in [7, 11) is 1.62. The number of methoxy groups -OCH3 is 1. The Morgan fingerprint density at radius 1 is 1.52 bits per heavy atom. The summed E-state index contributed by atoms with van der Waals surface area (Å²) in [4.78, 5) is 15.7. The number of ether oxygens (including phenoxy) is 2. The molecule has 0 fully saturated rings. The molecule has 2 aromatic rings. The number of nitrogens with zero attached hydrogens (tertiary/aromatic N) is 2. The number of carbonyl (C=O) groups excluding carboxylic acids is 1. The standard InChI is InChI=1S/C15H16IN3O3S/c1-3-22-14(20)7-10-9-23-15(18-10)19-17-8-11-12(16)5-4-6-13(11)21-2/h4-6,8-9H,3,7H2,1-2H3,(H,18,19). The van der Waals surface area contributed by atoms with Crippen molar-refractivity contribution in [2.45, 2.75) is 13.3 Å². The maximum atomic E-state index is 11.4. The molecular formula is C15H16IN3O3S. The molecule has 6 nitrogen and oxygen atoms in total. The van der Waals surface area contributed by atoms with Crippen LogP contribution in [0.3, 0.4) is 0 Å². The predicted molar refractivity (Wildman–Crippen MR) is 99.4 cm³/mol. The van der Waals surface area contributed by atoms with Crippen molar-refractivity contribution in [2.75, 3.05) is 19.1 Å². The lowest BCUT2D eigenvalue weighted by molar-refractivity contribution is -0.142. The maximum absolute atomic E-state index is 11.4. The Morgan fingerprint density at radius 3 is 3.09 bits per heavy atom. The van der Waals surface area contributed by atoms with E-state index in [1.165, 1.54) is 11.3 Å². The molecule has 122 valence electrons. The molecule has 2 rings (SSSR count). The van der Waals surface area contributed by atoms with E-state index in [9.17, 15) is 4.79 Å². The van der Waals surface area contributed by atoms with Gasteiger partial charge in [0.15, 0.2) is 0 Å². The smallest absolute Gasteiger partial charge is 0.311 e. The number of benzene rings is 1. The fraction of sp³-hybridized carbons (Fsp3) is 0.267. The minimum atomic E-state index is -0.281. The van der Waals surface area contributed by atoms with Crippen LogP contribution in [0, 0.1) is 3.57 Å². The Bertz CT molecular complexity index is 703. The van der Waals surface area contributed by atoms with Gasteiger partial charge in [-0.2, -0.15) is 5.10 Å². The number of aromatic nitrogens is 1. The number of halogens is 1. The Morgan fingerprint density at radius 2 is 2.35 bits per heavy atom. The van der Waals surface area contributed by atoms with Crippen LogP contribution in [0.5, 0.6) is 5.75 Å². The molecule has 0 saturated heterocycles. The third-order valence-electron chi connectivity index (χ3n) is 2.77. The zero-order valence-electron chi connectivity index (χ0n) is 12.7. The van der Waals surface area contributed by atoms with Crippen molar-refractivity contribution in [3.05, 3.63) is 38.4 Å². The first kappa shape index (κ1) is 17.7. The molecule has 0 bridgehead atoms. The molecule has 0 saturated carbocycles. The van der Waals surface area contributed by atoms with Gasteiger partial charge in [0.1, 0.15) is 5.75 Å². The molecule has 23 heavy (non-hydrogen) atoms. The Hall–Kier alpha value is -1.68. The van der Waals surface area contributed by atoms with E-state index in [0.717, 1.165) is 14.9 Å². The SMILES string of the molecule is CCOC(=O)Cc1csc(NN=Cc2c(I)cccc2OC)n1. The summed E-state index contributed by atoms with van der Waals surface area (Å²) in [6, 6.07) is 5.78.